The third-order valence-corrected chi connectivity index (χ3v) is 6.49. The van der Waals surface area contributed by atoms with Gasteiger partial charge >= 0.3 is 6.36 Å². The summed E-state index contributed by atoms with van der Waals surface area (Å²) in [6.45, 7) is 0. The largest absolute Gasteiger partial charge is 0.573 e. The molecule has 15 heteroatoms. The molecule has 1 saturated heterocycles. The molecule has 36 heavy (non-hydrogen) atoms. The molecule has 4 rings (SSSR count). The maximum atomic E-state index is 13.2. The van der Waals surface area contributed by atoms with Crippen LogP contribution in [0.5, 0.6) is 11.5 Å². The first-order valence-corrected chi connectivity index (χ1v) is 11.6. The minimum atomic E-state index is -5.31. The maximum absolute atomic E-state index is 13.2. The van der Waals surface area contributed by atoms with Gasteiger partial charge in [-0.3, -0.25) is 29.4 Å². The second kappa shape index (κ2) is 8.60. The molecule has 2 aromatic carbocycles. The van der Waals surface area contributed by atoms with Crippen molar-refractivity contribution in [2.24, 2.45) is 5.14 Å². The summed E-state index contributed by atoms with van der Waals surface area (Å²) in [5.74, 6) is -4.59. The highest BCUT2D eigenvalue weighted by molar-refractivity contribution is 7.89. The Hall–Kier alpha value is -3.98. The average Bonchev–Trinajstić information content (AvgIpc) is 3.01. The minimum absolute atomic E-state index is 0.111. The van der Waals surface area contributed by atoms with E-state index in [1.165, 1.54) is 0 Å². The van der Waals surface area contributed by atoms with Gasteiger partial charge in [-0.15, -0.1) is 13.2 Å². The van der Waals surface area contributed by atoms with Crippen LogP contribution in [0.4, 0.5) is 13.2 Å². The topological polar surface area (TPSA) is 162 Å². The van der Waals surface area contributed by atoms with E-state index in [4.69, 9.17) is 9.88 Å². The lowest BCUT2D eigenvalue weighted by Crippen LogP contribution is -2.54. The summed E-state index contributed by atoms with van der Waals surface area (Å²) in [4.78, 5) is 49.5. The Morgan fingerprint density at radius 1 is 1.03 bits per heavy atom. The van der Waals surface area contributed by atoms with Crippen molar-refractivity contribution < 1.29 is 50.2 Å². The van der Waals surface area contributed by atoms with Crippen LogP contribution >= 0.6 is 0 Å². The summed E-state index contributed by atoms with van der Waals surface area (Å²) in [5, 5.41) is 7.12. The highest BCUT2D eigenvalue weighted by Crippen LogP contribution is 2.44. The summed E-state index contributed by atoms with van der Waals surface area (Å²) >= 11 is 0. The number of primary sulfonamides is 1. The smallest absolute Gasteiger partial charge is 0.496 e. The molecule has 2 aliphatic rings. The van der Waals surface area contributed by atoms with Crippen molar-refractivity contribution in [3.63, 3.8) is 0 Å². The van der Waals surface area contributed by atoms with E-state index in [9.17, 15) is 40.8 Å². The maximum Gasteiger partial charge on any atom is 0.573 e. The van der Waals surface area contributed by atoms with Crippen LogP contribution in [0, 0.1) is 0 Å². The first-order valence-electron chi connectivity index (χ1n) is 10.1. The van der Waals surface area contributed by atoms with Gasteiger partial charge in [-0.05, 0) is 24.6 Å². The van der Waals surface area contributed by atoms with Crippen LogP contribution in [0.3, 0.4) is 0 Å². The predicted octanol–water partition coefficient (Wildman–Crippen LogP) is 1.31. The SMILES string of the molecule is COc1cc2c(cc1-c1cccc(S(N)(=O)=O)c1OC(F)(F)F)C(=O)N(C1CCC(=O)NC1=O)C2=O. The van der Waals surface area contributed by atoms with Crippen LogP contribution in [0.25, 0.3) is 11.1 Å². The fourth-order valence-corrected chi connectivity index (χ4v) is 4.73. The fraction of sp³-hybridized carbons (Fsp3) is 0.238. The lowest BCUT2D eigenvalue weighted by molar-refractivity contribution is -0.275. The van der Waals surface area contributed by atoms with E-state index >= 15 is 0 Å². The van der Waals surface area contributed by atoms with E-state index in [-0.39, 0.29) is 35.3 Å². The number of hydrogen-bond acceptors (Lipinski definition) is 8. The van der Waals surface area contributed by atoms with E-state index in [1.807, 2.05) is 5.32 Å². The average molecular weight is 527 g/mol. The lowest BCUT2D eigenvalue weighted by atomic mass is 9.98. The predicted molar refractivity (Wildman–Crippen MR) is 113 cm³/mol. The number of sulfonamides is 1. The van der Waals surface area contributed by atoms with Gasteiger partial charge in [-0.2, -0.15) is 0 Å². The number of carbonyl (C=O) groups excluding carboxylic acids is 4. The van der Waals surface area contributed by atoms with Gasteiger partial charge in [-0.25, -0.2) is 13.6 Å². The number of piperidine rings is 1. The number of para-hydroxylation sites is 1. The number of hydrogen-bond donors (Lipinski definition) is 2. The normalized spacial score (nSPS) is 18.2. The molecule has 2 aliphatic heterocycles. The highest BCUT2D eigenvalue weighted by Gasteiger charge is 2.45. The molecule has 0 aliphatic carbocycles. The van der Waals surface area contributed by atoms with Gasteiger partial charge in [0.25, 0.3) is 11.8 Å². The van der Waals surface area contributed by atoms with Crippen molar-refractivity contribution >= 4 is 33.7 Å². The van der Waals surface area contributed by atoms with E-state index in [0.717, 1.165) is 37.4 Å². The molecule has 2 heterocycles. The Bertz CT molecular complexity index is 1440. The van der Waals surface area contributed by atoms with Crippen LogP contribution in [0.15, 0.2) is 35.2 Å². The first kappa shape index (κ1) is 25.1. The minimum Gasteiger partial charge on any atom is -0.496 e. The zero-order chi connectivity index (χ0) is 26.6. The second-order valence-corrected chi connectivity index (χ2v) is 9.30. The zero-order valence-corrected chi connectivity index (χ0v) is 19.0. The number of nitrogens with two attached hydrogens (primary N) is 1. The molecule has 4 amide bonds. The molecular weight excluding hydrogens is 511 g/mol. The zero-order valence-electron chi connectivity index (χ0n) is 18.2. The number of benzene rings is 2. The summed E-state index contributed by atoms with van der Waals surface area (Å²) in [6, 6.07) is 3.83. The number of carbonyl (C=O) groups is 4. The first-order chi connectivity index (χ1) is 16.7. The number of imide groups is 2. The molecule has 190 valence electrons. The monoisotopic (exact) mass is 527 g/mol. The van der Waals surface area contributed by atoms with Crippen molar-refractivity contribution in [2.45, 2.75) is 30.1 Å². The number of fused-ring (bicyclic) bond motifs is 1. The molecular formula is C21H16F3N3O8S. The van der Waals surface area contributed by atoms with E-state index in [0.29, 0.717) is 4.90 Å². The number of rotatable bonds is 5. The van der Waals surface area contributed by atoms with Crippen LogP contribution < -0.4 is 19.9 Å². The number of alkyl halides is 3. The van der Waals surface area contributed by atoms with Crippen molar-refractivity contribution in [1.82, 2.24) is 10.2 Å². The molecule has 1 atom stereocenters. The van der Waals surface area contributed by atoms with E-state index in [2.05, 4.69) is 4.74 Å². The highest BCUT2D eigenvalue weighted by atomic mass is 32.2. The van der Waals surface area contributed by atoms with Gasteiger partial charge in [0.1, 0.15) is 16.7 Å². The lowest BCUT2D eigenvalue weighted by Gasteiger charge is -2.27. The molecule has 3 N–H and O–H groups in total. The molecule has 1 fully saturated rings. The summed E-state index contributed by atoms with van der Waals surface area (Å²) in [6.07, 6.45) is -5.54. The van der Waals surface area contributed by atoms with E-state index in [1.54, 1.807) is 0 Å². The molecule has 0 radical (unpaired) electrons. The number of halogens is 3. The Labute approximate surface area is 201 Å². The molecule has 0 spiro atoms. The van der Waals surface area contributed by atoms with Gasteiger partial charge in [0.05, 0.1) is 18.2 Å². The molecule has 0 bridgehead atoms. The van der Waals surface area contributed by atoms with Crippen LogP contribution in [-0.2, 0) is 19.6 Å². The Balaban J connectivity index is 1.89. The van der Waals surface area contributed by atoms with Crippen molar-refractivity contribution in [2.75, 3.05) is 7.11 Å². The van der Waals surface area contributed by atoms with Crippen molar-refractivity contribution in [1.29, 1.82) is 0 Å². The summed E-state index contributed by atoms with van der Waals surface area (Å²) in [5.41, 5.74) is -1.14. The number of methoxy groups -OCH3 is 1. The van der Waals surface area contributed by atoms with Crippen LogP contribution in [0.2, 0.25) is 0 Å². The Kier molecular flexibility index (Phi) is 6.00. The van der Waals surface area contributed by atoms with Gasteiger partial charge < -0.3 is 9.47 Å². The quantitative estimate of drug-likeness (QED) is 0.550. The standard InChI is InChI=1S/C21H16F3N3O8S/c1-34-14-8-12-11(19(30)27(20(12)31)13-5-6-16(28)26-18(13)29)7-10(14)9-3-2-4-15(36(25,32)33)17(9)35-21(22,23)24/h2-4,7-8,13H,5-6H2,1H3,(H2,25,32,33)(H,26,28,29). The van der Waals surface area contributed by atoms with Gasteiger partial charge in [0.15, 0.2) is 5.75 Å². The van der Waals surface area contributed by atoms with Crippen molar-refractivity contribution in [3.05, 3.63) is 41.5 Å². The molecule has 2 aromatic rings. The van der Waals surface area contributed by atoms with Crippen LogP contribution in [-0.4, -0.2) is 56.5 Å². The number of nitrogens with zero attached hydrogens (tertiary/aromatic N) is 1. The fourth-order valence-electron chi connectivity index (χ4n) is 4.05. The Morgan fingerprint density at radius 3 is 2.22 bits per heavy atom. The third kappa shape index (κ3) is 4.37. The molecule has 0 saturated carbocycles. The molecule has 11 nitrogen and oxygen atoms in total. The number of amides is 4. The molecule has 0 aromatic heterocycles. The van der Waals surface area contributed by atoms with Gasteiger partial charge in [0, 0.05) is 17.5 Å². The van der Waals surface area contributed by atoms with Crippen molar-refractivity contribution in [3.8, 4) is 22.6 Å². The summed E-state index contributed by atoms with van der Waals surface area (Å²) in [7, 11) is -3.55. The number of nitrogens with one attached hydrogen (secondary N) is 1. The molecule has 1 unspecified atom stereocenters. The van der Waals surface area contributed by atoms with Crippen LogP contribution in [0.1, 0.15) is 33.6 Å². The second-order valence-electron chi connectivity index (χ2n) is 7.77. The Morgan fingerprint density at radius 2 is 1.67 bits per heavy atom. The van der Waals surface area contributed by atoms with E-state index < -0.39 is 62.3 Å². The summed E-state index contributed by atoms with van der Waals surface area (Å²) < 4.78 is 72.7. The van der Waals surface area contributed by atoms with Gasteiger partial charge in [0.2, 0.25) is 21.8 Å². The number of ether oxygens (including phenoxy) is 2. The van der Waals surface area contributed by atoms with Gasteiger partial charge in [-0.1, -0.05) is 12.1 Å². The third-order valence-electron chi connectivity index (χ3n) is 5.55.